The number of rotatable bonds is 5. The van der Waals surface area contributed by atoms with Crippen molar-refractivity contribution in [2.24, 2.45) is 0 Å². The Hall–Kier alpha value is -2.22. The lowest BCUT2D eigenvalue weighted by Crippen LogP contribution is -2.06. The maximum atomic E-state index is 10.2. The molecule has 2 rings (SSSR count). The Morgan fingerprint density at radius 3 is 3.19 bits per heavy atom. The Bertz CT molecular complexity index is 464. The number of aromatic nitrogens is 4. The summed E-state index contributed by atoms with van der Waals surface area (Å²) in [5.41, 5.74) is 0. The lowest BCUT2D eigenvalue weighted by molar-refractivity contribution is -0.142. The number of aromatic amines is 1. The van der Waals surface area contributed by atoms with Crippen LogP contribution in [-0.4, -0.2) is 37.8 Å². The van der Waals surface area contributed by atoms with Gasteiger partial charge in [0.2, 0.25) is 5.82 Å². The molecule has 2 aromatic heterocycles. The Kier molecular flexibility index (Phi) is 2.92. The van der Waals surface area contributed by atoms with Crippen LogP contribution in [0.15, 0.2) is 16.9 Å². The molecular formula is C8H8N4O4. The number of nitrogens with one attached hydrogen (secondary N) is 1. The number of hydrogen-bond acceptors (Lipinski definition) is 6. The van der Waals surface area contributed by atoms with Crippen molar-refractivity contribution in [1.29, 1.82) is 0 Å². The highest BCUT2D eigenvalue weighted by Crippen LogP contribution is 2.09. The van der Waals surface area contributed by atoms with E-state index < -0.39 is 12.6 Å². The van der Waals surface area contributed by atoms with Crippen LogP contribution in [0.2, 0.25) is 0 Å². The number of H-pyrrole nitrogens is 1. The first kappa shape index (κ1) is 10.3. The summed E-state index contributed by atoms with van der Waals surface area (Å²) in [4.78, 5) is 20.9. The number of ether oxygens (including phenoxy) is 1. The molecule has 2 N–H and O–H groups in total. The van der Waals surface area contributed by atoms with Gasteiger partial charge in [0.15, 0.2) is 5.82 Å². The molecule has 0 fully saturated rings. The van der Waals surface area contributed by atoms with E-state index in [1.165, 1.54) is 0 Å². The van der Waals surface area contributed by atoms with E-state index in [4.69, 9.17) is 14.4 Å². The van der Waals surface area contributed by atoms with Crippen LogP contribution in [-0.2, 0) is 16.1 Å². The Morgan fingerprint density at radius 1 is 1.62 bits per heavy atom. The molecule has 8 heteroatoms. The van der Waals surface area contributed by atoms with Gasteiger partial charge < -0.3 is 19.4 Å². The van der Waals surface area contributed by atoms with Gasteiger partial charge in [-0.15, -0.1) is 0 Å². The minimum atomic E-state index is -1.05. The van der Waals surface area contributed by atoms with Gasteiger partial charge in [-0.2, -0.15) is 4.98 Å². The first-order valence-electron chi connectivity index (χ1n) is 4.37. The second-order valence-corrected chi connectivity index (χ2v) is 2.84. The number of imidazole rings is 1. The first-order valence-corrected chi connectivity index (χ1v) is 4.37. The minimum absolute atomic E-state index is 0.0417. The number of carboxylic acid groups (broad SMARTS) is 1. The van der Waals surface area contributed by atoms with Crippen LogP contribution in [0.4, 0.5) is 0 Å². The van der Waals surface area contributed by atoms with Gasteiger partial charge in [0.05, 0.1) is 0 Å². The standard InChI is InChI=1S/C8H8N4O4/c13-6(14)4-15-3-5-11-8(12-16-5)7-9-1-2-10-7/h1-2H,3-4H2,(H,9,10)(H,13,14). The number of carbonyl (C=O) groups is 1. The van der Waals surface area contributed by atoms with Crippen molar-refractivity contribution in [3.05, 3.63) is 18.3 Å². The lowest BCUT2D eigenvalue weighted by atomic mass is 10.6. The number of hydrogen-bond donors (Lipinski definition) is 2. The zero-order valence-electron chi connectivity index (χ0n) is 8.08. The summed E-state index contributed by atoms with van der Waals surface area (Å²) in [6.07, 6.45) is 3.19. The van der Waals surface area contributed by atoms with Gasteiger partial charge >= 0.3 is 5.97 Å². The molecule has 0 bridgehead atoms. The molecule has 0 atom stereocenters. The zero-order chi connectivity index (χ0) is 11.4. The lowest BCUT2D eigenvalue weighted by Gasteiger charge is -1.93. The molecule has 0 aliphatic carbocycles. The van der Waals surface area contributed by atoms with E-state index in [1.54, 1.807) is 12.4 Å². The van der Waals surface area contributed by atoms with E-state index in [-0.39, 0.29) is 12.5 Å². The maximum Gasteiger partial charge on any atom is 0.329 e. The molecule has 0 aliphatic rings. The summed E-state index contributed by atoms with van der Waals surface area (Å²) in [6, 6.07) is 0. The smallest absolute Gasteiger partial charge is 0.329 e. The molecule has 84 valence electrons. The molecule has 8 nitrogen and oxygen atoms in total. The Labute approximate surface area is 89.3 Å². The van der Waals surface area contributed by atoms with Gasteiger partial charge in [-0.05, 0) is 0 Å². The van der Waals surface area contributed by atoms with Crippen molar-refractivity contribution in [1.82, 2.24) is 20.1 Å². The highest BCUT2D eigenvalue weighted by Gasteiger charge is 2.10. The molecule has 0 unspecified atom stereocenters. The van der Waals surface area contributed by atoms with Gasteiger partial charge in [-0.1, -0.05) is 5.16 Å². The summed E-state index contributed by atoms with van der Waals surface area (Å²) in [5.74, 6) is -0.0643. The number of nitrogens with zero attached hydrogens (tertiary/aromatic N) is 3. The fourth-order valence-corrected chi connectivity index (χ4v) is 1.02. The van der Waals surface area contributed by atoms with Crippen LogP contribution in [0, 0.1) is 0 Å². The molecular weight excluding hydrogens is 216 g/mol. The topological polar surface area (TPSA) is 114 Å². The van der Waals surface area contributed by atoms with Crippen LogP contribution >= 0.6 is 0 Å². The predicted molar refractivity (Wildman–Crippen MR) is 49.2 cm³/mol. The van der Waals surface area contributed by atoms with E-state index in [2.05, 4.69) is 20.1 Å². The average Bonchev–Trinajstić information content (AvgIpc) is 2.85. The zero-order valence-corrected chi connectivity index (χ0v) is 8.08. The van der Waals surface area contributed by atoms with Crippen molar-refractivity contribution in [2.75, 3.05) is 6.61 Å². The number of aliphatic carboxylic acids is 1. The summed E-state index contributed by atoms with van der Waals surface area (Å²) in [7, 11) is 0. The van der Waals surface area contributed by atoms with Crippen molar-refractivity contribution >= 4 is 5.97 Å². The van der Waals surface area contributed by atoms with Gasteiger partial charge in [0.1, 0.15) is 13.2 Å². The second-order valence-electron chi connectivity index (χ2n) is 2.84. The molecule has 0 spiro atoms. The molecule has 2 heterocycles. The minimum Gasteiger partial charge on any atom is -0.480 e. The third kappa shape index (κ3) is 2.42. The van der Waals surface area contributed by atoms with E-state index in [0.717, 1.165) is 0 Å². The predicted octanol–water partition coefficient (Wildman–Crippen LogP) is 0.0609. The average molecular weight is 224 g/mol. The maximum absolute atomic E-state index is 10.2. The fourth-order valence-electron chi connectivity index (χ4n) is 1.02. The normalized spacial score (nSPS) is 10.5. The van der Waals surface area contributed by atoms with Crippen LogP contribution in [0.5, 0.6) is 0 Å². The van der Waals surface area contributed by atoms with E-state index in [0.29, 0.717) is 11.6 Å². The highest BCUT2D eigenvalue weighted by atomic mass is 16.5. The summed E-state index contributed by atoms with van der Waals surface area (Å²) in [5, 5.41) is 12.0. The summed E-state index contributed by atoms with van der Waals surface area (Å²) in [6.45, 7) is -0.446. The van der Waals surface area contributed by atoms with Crippen LogP contribution in [0.3, 0.4) is 0 Å². The van der Waals surface area contributed by atoms with Gasteiger partial charge in [0.25, 0.3) is 5.89 Å². The molecule has 16 heavy (non-hydrogen) atoms. The quantitative estimate of drug-likeness (QED) is 0.737. The fraction of sp³-hybridized carbons (Fsp3) is 0.250. The van der Waals surface area contributed by atoms with Crippen molar-refractivity contribution < 1.29 is 19.2 Å². The third-order valence-electron chi connectivity index (χ3n) is 1.63. The van der Waals surface area contributed by atoms with Gasteiger partial charge in [0, 0.05) is 12.4 Å². The molecule has 0 aliphatic heterocycles. The Balaban J connectivity index is 1.95. The second kappa shape index (κ2) is 4.53. The van der Waals surface area contributed by atoms with Gasteiger partial charge in [-0.25, -0.2) is 9.78 Å². The summed E-state index contributed by atoms with van der Waals surface area (Å²) >= 11 is 0. The molecule has 0 aromatic carbocycles. The highest BCUT2D eigenvalue weighted by molar-refractivity contribution is 5.67. The largest absolute Gasteiger partial charge is 0.480 e. The molecule has 0 radical (unpaired) electrons. The first-order chi connectivity index (χ1) is 7.75. The van der Waals surface area contributed by atoms with E-state index >= 15 is 0 Å². The van der Waals surface area contributed by atoms with Crippen LogP contribution in [0.1, 0.15) is 5.89 Å². The number of carboxylic acids is 1. The Morgan fingerprint density at radius 2 is 2.50 bits per heavy atom. The van der Waals surface area contributed by atoms with Crippen LogP contribution in [0.25, 0.3) is 11.6 Å². The van der Waals surface area contributed by atoms with Crippen molar-refractivity contribution in [3.63, 3.8) is 0 Å². The monoisotopic (exact) mass is 224 g/mol. The molecule has 0 saturated heterocycles. The summed E-state index contributed by atoms with van der Waals surface area (Å²) < 4.78 is 9.62. The van der Waals surface area contributed by atoms with Crippen LogP contribution < -0.4 is 0 Å². The van der Waals surface area contributed by atoms with E-state index in [1.807, 2.05) is 0 Å². The third-order valence-corrected chi connectivity index (χ3v) is 1.63. The molecule has 2 aromatic rings. The van der Waals surface area contributed by atoms with Crippen molar-refractivity contribution in [3.8, 4) is 11.6 Å². The molecule has 0 saturated carbocycles. The van der Waals surface area contributed by atoms with E-state index in [9.17, 15) is 4.79 Å². The van der Waals surface area contributed by atoms with Crippen molar-refractivity contribution in [2.45, 2.75) is 6.61 Å². The molecule has 0 amide bonds. The SMILES string of the molecule is O=C(O)COCc1nc(-c2ncc[nH]2)no1. The van der Waals surface area contributed by atoms with Gasteiger partial charge in [-0.3, -0.25) is 0 Å².